The molecule has 0 aliphatic rings. The third kappa shape index (κ3) is 16.5. The molecule has 0 atom stereocenters. The Morgan fingerprint density at radius 2 is 1.32 bits per heavy atom. The molecule has 0 amide bonds. The summed E-state index contributed by atoms with van der Waals surface area (Å²) in [5, 5.41) is 42.9. The minimum absolute atomic E-state index is 0. The number of carboxylic acid groups (broad SMARTS) is 2. The normalized spacial score (nSPS) is 9.92. The number of carboxylic acids is 2. The first-order valence-corrected chi connectivity index (χ1v) is 7.23. The minimum Gasteiger partial charge on any atom is -1.00 e. The number of carbonyl (C=O) groups is 3. The molecule has 0 aliphatic carbocycles. The molecule has 0 aromatic heterocycles. The molecular formula is C15H28CaO9. The van der Waals surface area contributed by atoms with Crippen LogP contribution in [0.5, 0.6) is 0 Å². The second-order valence-electron chi connectivity index (χ2n) is 5.33. The van der Waals surface area contributed by atoms with Crippen molar-refractivity contribution in [2.24, 2.45) is 5.41 Å². The number of ether oxygens (including phenoxy) is 1. The molecule has 0 saturated heterocycles. The summed E-state index contributed by atoms with van der Waals surface area (Å²) in [5.74, 6) is -2.35. The molecule has 0 aliphatic heterocycles. The number of hydrogen-bond donors (Lipinski definition) is 5. The molecule has 0 radical (unpaired) electrons. The third-order valence-electron chi connectivity index (χ3n) is 2.90. The van der Waals surface area contributed by atoms with Crippen molar-refractivity contribution in [3.05, 3.63) is 12.2 Å². The van der Waals surface area contributed by atoms with Crippen molar-refractivity contribution in [1.29, 1.82) is 0 Å². The van der Waals surface area contributed by atoms with E-state index in [0.29, 0.717) is 12.8 Å². The van der Waals surface area contributed by atoms with Crippen molar-refractivity contribution in [3.8, 4) is 0 Å². The van der Waals surface area contributed by atoms with Crippen LogP contribution in [0.3, 0.4) is 0 Å². The summed E-state index contributed by atoms with van der Waals surface area (Å²) >= 11 is 0. The quantitative estimate of drug-likeness (QED) is 0.137. The monoisotopic (exact) mass is 392 g/mol. The van der Waals surface area contributed by atoms with E-state index in [4.69, 9.17) is 30.3 Å². The van der Waals surface area contributed by atoms with E-state index in [1.807, 2.05) is 0 Å². The Kier molecular flexibility index (Phi) is 19.5. The van der Waals surface area contributed by atoms with Gasteiger partial charge in [0.15, 0.2) is 0 Å². The van der Waals surface area contributed by atoms with E-state index < -0.39 is 43.1 Å². The zero-order valence-corrected chi connectivity index (χ0v) is 16.6. The number of aliphatic hydroxyl groups is 3. The van der Waals surface area contributed by atoms with Crippen LogP contribution in [0, 0.1) is 5.41 Å². The number of aliphatic carboxylic acids is 2. The molecule has 0 saturated carbocycles. The number of hydrogen-bond acceptors (Lipinski definition) is 7. The Hall–Kier alpha value is -0.710. The summed E-state index contributed by atoms with van der Waals surface area (Å²) in [6, 6.07) is 0. The number of rotatable bonds is 11. The second-order valence-corrected chi connectivity index (χ2v) is 5.33. The molecule has 25 heavy (non-hydrogen) atoms. The summed E-state index contributed by atoms with van der Waals surface area (Å²) in [5.41, 5.74) is -0.946. The molecule has 10 heteroatoms. The second kappa shape index (κ2) is 16.7. The van der Waals surface area contributed by atoms with E-state index in [9.17, 15) is 14.4 Å². The average molecular weight is 392 g/mol. The van der Waals surface area contributed by atoms with E-state index in [-0.39, 0.29) is 65.6 Å². The molecule has 0 fully saturated rings. The summed E-state index contributed by atoms with van der Waals surface area (Å²) < 4.78 is 4.72. The van der Waals surface area contributed by atoms with Gasteiger partial charge < -0.3 is 33.1 Å². The Bertz CT molecular complexity index is 405. The molecule has 0 heterocycles. The number of carbonyl (C=O) groups excluding carboxylic acids is 1. The maximum absolute atomic E-state index is 11.0. The van der Waals surface area contributed by atoms with Gasteiger partial charge in [-0.2, -0.15) is 0 Å². The standard InChI is InChI=1S/C9H16O5.C6H10O4.Ca.2H/c1-7(2)8(13)14-6-9(3-10,4-11)5-12;7-5(8)3-1-2-4-6(9)10;;;/h10-12H,1,3-6H2,2H3;1-4H2,(H,7,8)(H,9,10);;;/q;;+2;2*-1. The molecule has 0 unspecified atom stereocenters. The maximum atomic E-state index is 11.0. The molecule has 0 rings (SSSR count). The van der Waals surface area contributed by atoms with Gasteiger partial charge in [0.2, 0.25) is 0 Å². The van der Waals surface area contributed by atoms with Crippen LogP contribution in [0.2, 0.25) is 0 Å². The Balaban J connectivity index is -0.000000112. The average Bonchev–Trinajstić information content (AvgIpc) is 2.53. The van der Waals surface area contributed by atoms with Crippen LogP contribution in [0.15, 0.2) is 12.2 Å². The van der Waals surface area contributed by atoms with E-state index in [1.165, 1.54) is 6.92 Å². The van der Waals surface area contributed by atoms with Crippen LogP contribution < -0.4 is 0 Å². The molecule has 0 aromatic rings. The zero-order chi connectivity index (χ0) is 19.2. The van der Waals surface area contributed by atoms with E-state index in [2.05, 4.69) is 6.58 Å². The molecule has 5 N–H and O–H groups in total. The molecule has 0 spiro atoms. The summed E-state index contributed by atoms with van der Waals surface area (Å²) in [6.45, 7) is 3.26. The molecular weight excluding hydrogens is 364 g/mol. The maximum Gasteiger partial charge on any atom is 2.00 e. The van der Waals surface area contributed by atoms with Crippen LogP contribution in [0.4, 0.5) is 0 Å². The van der Waals surface area contributed by atoms with Crippen LogP contribution in [0.25, 0.3) is 0 Å². The summed E-state index contributed by atoms with van der Waals surface area (Å²) in [7, 11) is 0. The van der Waals surface area contributed by atoms with Crippen molar-refractivity contribution >= 4 is 55.6 Å². The largest absolute Gasteiger partial charge is 2.00 e. The third-order valence-corrected chi connectivity index (χ3v) is 2.90. The first-order chi connectivity index (χ1) is 11.1. The molecule has 9 nitrogen and oxygen atoms in total. The van der Waals surface area contributed by atoms with Crippen LogP contribution in [-0.2, 0) is 19.1 Å². The molecule has 0 bridgehead atoms. The first kappa shape index (κ1) is 29.1. The smallest absolute Gasteiger partial charge is 1.00 e. The first-order valence-electron chi connectivity index (χ1n) is 7.23. The van der Waals surface area contributed by atoms with E-state index >= 15 is 0 Å². The fraction of sp³-hybridized carbons (Fsp3) is 0.667. The summed E-state index contributed by atoms with van der Waals surface area (Å²) in [4.78, 5) is 30.8. The SMILES string of the molecule is C=C(C)C(=O)OCC(CO)(CO)CO.O=C(O)CCCCC(=O)O.[Ca+2].[H-].[H-]. The number of aliphatic hydroxyl groups excluding tert-OH is 3. The van der Waals surface area contributed by atoms with Crippen molar-refractivity contribution in [1.82, 2.24) is 0 Å². The van der Waals surface area contributed by atoms with E-state index in [1.54, 1.807) is 0 Å². The van der Waals surface area contributed by atoms with Gasteiger partial charge in [0.25, 0.3) is 0 Å². The van der Waals surface area contributed by atoms with Gasteiger partial charge in [0, 0.05) is 18.4 Å². The zero-order valence-electron chi connectivity index (χ0n) is 16.4. The van der Waals surface area contributed by atoms with Crippen molar-refractivity contribution < 1.29 is 47.5 Å². The van der Waals surface area contributed by atoms with Gasteiger partial charge in [-0.3, -0.25) is 9.59 Å². The van der Waals surface area contributed by atoms with Crippen molar-refractivity contribution in [3.63, 3.8) is 0 Å². The van der Waals surface area contributed by atoms with Crippen LogP contribution >= 0.6 is 0 Å². The fourth-order valence-electron chi connectivity index (χ4n) is 1.18. The van der Waals surface area contributed by atoms with Crippen LogP contribution in [0.1, 0.15) is 35.5 Å². The Morgan fingerprint density at radius 1 is 0.960 bits per heavy atom. The van der Waals surface area contributed by atoms with E-state index in [0.717, 1.165) is 0 Å². The predicted octanol–water partition coefficient (Wildman–Crippen LogP) is -0.371. The summed E-state index contributed by atoms with van der Waals surface area (Å²) in [6.07, 6.45) is 1.02. The number of esters is 1. The van der Waals surface area contributed by atoms with Gasteiger partial charge in [-0.05, 0) is 19.8 Å². The van der Waals surface area contributed by atoms with Crippen molar-refractivity contribution in [2.75, 3.05) is 26.4 Å². The Morgan fingerprint density at radius 3 is 1.56 bits per heavy atom. The molecule has 0 aromatic carbocycles. The van der Waals surface area contributed by atoms with Gasteiger partial charge >= 0.3 is 55.6 Å². The van der Waals surface area contributed by atoms with Gasteiger partial charge in [-0.1, -0.05) is 6.58 Å². The fourth-order valence-corrected chi connectivity index (χ4v) is 1.18. The Labute approximate surface area is 179 Å². The minimum atomic E-state index is -1.18. The molecule has 144 valence electrons. The topological polar surface area (TPSA) is 162 Å². The number of unbranched alkanes of at least 4 members (excludes halogenated alkanes) is 1. The van der Waals surface area contributed by atoms with Gasteiger partial charge in [-0.25, -0.2) is 4.79 Å². The van der Waals surface area contributed by atoms with Gasteiger partial charge in [0.1, 0.15) is 6.61 Å². The van der Waals surface area contributed by atoms with Gasteiger partial charge in [-0.15, -0.1) is 0 Å². The van der Waals surface area contributed by atoms with Gasteiger partial charge in [0.05, 0.1) is 25.2 Å². The van der Waals surface area contributed by atoms with Crippen LogP contribution in [-0.4, -0.2) is 108 Å². The van der Waals surface area contributed by atoms with Crippen molar-refractivity contribution in [2.45, 2.75) is 32.6 Å². The predicted molar refractivity (Wildman–Crippen MR) is 91.2 cm³/mol.